The van der Waals surface area contributed by atoms with Crippen molar-refractivity contribution in [3.8, 4) is 28.6 Å². The Labute approximate surface area is 249 Å². The van der Waals surface area contributed by atoms with Crippen LogP contribution in [0.1, 0.15) is 18.1 Å². The number of carbonyl (C=O) groups is 1. The Kier molecular flexibility index (Phi) is 8.66. The third kappa shape index (κ3) is 7.33. The van der Waals surface area contributed by atoms with Gasteiger partial charge in [-0.05, 0) is 67.4 Å². The van der Waals surface area contributed by atoms with Crippen LogP contribution in [0, 0.1) is 6.92 Å². The van der Waals surface area contributed by atoms with Gasteiger partial charge in [-0.15, -0.1) is 18.3 Å². The second-order valence-electron chi connectivity index (χ2n) is 9.43. The molecule has 14 heteroatoms. The molecule has 5 rings (SSSR count). The van der Waals surface area contributed by atoms with Crippen LogP contribution in [0.25, 0.3) is 17.1 Å². The topological polar surface area (TPSA) is 106 Å². The summed E-state index contributed by atoms with van der Waals surface area (Å²) in [6.07, 6.45) is -1.80. The van der Waals surface area contributed by atoms with Gasteiger partial charge in [0.2, 0.25) is 0 Å². The summed E-state index contributed by atoms with van der Waals surface area (Å²) in [5, 5.41) is 9.01. The average Bonchev–Trinajstić information content (AvgIpc) is 3.60. The average molecular weight is 610 g/mol. The highest BCUT2D eigenvalue weighted by Crippen LogP contribution is 2.34. The number of aryl methyl sites for hydroxylation is 1. The molecule has 1 saturated heterocycles. The van der Waals surface area contributed by atoms with Crippen molar-refractivity contribution >= 4 is 34.9 Å². The molecule has 1 aromatic heterocycles. The number of carbonyl (C=O) groups excluding carboxylic acids is 1. The van der Waals surface area contributed by atoms with Gasteiger partial charge in [0.05, 0.1) is 19.0 Å². The van der Waals surface area contributed by atoms with Gasteiger partial charge in [0, 0.05) is 23.0 Å². The van der Waals surface area contributed by atoms with Gasteiger partial charge < -0.3 is 14.4 Å². The predicted octanol–water partition coefficient (Wildman–Crippen LogP) is 6.19. The zero-order chi connectivity index (χ0) is 30.6. The van der Waals surface area contributed by atoms with E-state index in [2.05, 4.69) is 37.3 Å². The lowest BCUT2D eigenvalue weighted by Gasteiger charge is -2.25. The zero-order valence-electron chi connectivity index (χ0n) is 23.2. The summed E-state index contributed by atoms with van der Waals surface area (Å²) in [7, 11) is 1.62. The number of benzene rings is 3. The molecular weight excluding hydrogens is 583 g/mol. The highest BCUT2D eigenvalue weighted by atomic mass is 32.2. The van der Waals surface area contributed by atoms with Gasteiger partial charge in [0.25, 0.3) is 0 Å². The normalized spacial score (nSPS) is 16.2. The first-order chi connectivity index (χ1) is 20.6. The minimum Gasteiger partial charge on any atom is -0.497 e. The molecule has 0 saturated carbocycles. The number of aromatic nitrogens is 3. The van der Waals surface area contributed by atoms with Crippen molar-refractivity contribution in [1.29, 1.82) is 0 Å². The minimum absolute atomic E-state index is 0.157. The third-order valence-corrected chi connectivity index (χ3v) is 7.53. The maximum atomic E-state index is 12.5. The van der Waals surface area contributed by atoms with Gasteiger partial charge in [-0.3, -0.25) is 0 Å². The lowest BCUT2D eigenvalue weighted by Crippen LogP contribution is -2.33. The summed E-state index contributed by atoms with van der Waals surface area (Å²) in [5.74, 6) is 1.65. The number of hydrogen-bond donors (Lipinski definition) is 1. The standard InChI is InChI=1S/C29H26F3N7O3S/c1-18-14-24(41-3)12-13-25(18)39-19(2)16-43-28(39)35-27(40)36-34-15-20-4-6-21(7-5-20)26-33-17-38(37-26)22-8-10-23(11-9-22)42-29(30,31)32/h4-15,17,19H,16H2,1-3H3,(H,36,40)/b34-15+,35-28?. The molecule has 1 aliphatic rings. The van der Waals surface area contributed by atoms with Crippen LogP contribution in [-0.4, -0.2) is 57.4 Å². The fourth-order valence-corrected chi connectivity index (χ4v) is 5.40. The number of amidine groups is 1. The molecule has 0 bridgehead atoms. The summed E-state index contributed by atoms with van der Waals surface area (Å²) < 4.78 is 47.8. The van der Waals surface area contributed by atoms with Crippen LogP contribution in [0.4, 0.5) is 23.7 Å². The lowest BCUT2D eigenvalue weighted by atomic mass is 10.1. The van der Waals surface area contributed by atoms with Crippen molar-refractivity contribution in [2.45, 2.75) is 26.3 Å². The van der Waals surface area contributed by atoms with E-state index in [9.17, 15) is 18.0 Å². The van der Waals surface area contributed by atoms with Crippen LogP contribution in [0.2, 0.25) is 0 Å². The number of nitrogens with one attached hydrogen (secondary N) is 1. The van der Waals surface area contributed by atoms with E-state index in [0.29, 0.717) is 22.2 Å². The highest BCUT2D eigenvalue weighted by molar-refractivity contribution is 8.14. The fourth-order valence-electron chi connectivity index (χ4n) is 4.29. The van der Waals surface area contributed by atoms with E-state index in [1.54, 1.807) is 31.4 Å². The molecule has 1 N–H and O–H groups in total. The molecule has 3 aromatic carbocycles. The number of anilines is 1. The quantitative estimate of drug-likeness (QED) is 0.197. The van der Waals surface area contributed by atoms with Gasteiger partial charge >= 0.3 is 12.4 Å². The number of ether oxygens (including phenoxy) is 2. The molecule has 0 radical (unpaired) electrons. The number of aliphatic imine (C=N–C) groups is 1. The van der Waals surface area contributed by atoms with Crippen molar-refractivity contribution in [2.75, 3.05) is 17.8 Å². The van der Waals surface area contributed by atoms with Crippen molar-refractivity contribution in [2.24, 2.45) is 10.1 Å². The number of urea groups is 1. The molecule has 0 aliphatic carbocycles. The Hall–Kier alpha value is -4.85. The van der Waals surface area contributed by atoms with Crippen LogP contribution in [0.5, 0.6) is 11.5 Å². The first-order valence-corrected chi connectivity index (χ1v) is 13.9. The molecule has 1 unspecified atom stereocenters. The van der Waals surface area contributed by atoms with Crippen LogP contribution in [0.3, 0.4) is 0 Å². The van der Waals surface area contributed by atoms with E-state index < -0.39 is 12.4 Å². The van der Waals surface area contributed by atoms with Crippen LogP contribution in [0.15, 0.2) is 83.2 Å². The Morgan fingerprint density at radius 3 is 2.49 bits per heavy atom. The van der Waals surface area contributed by atoms with E-state index in [1.807, 2.05) is 30.0 Å². The van der Waals surface area contributed by atoms with Crippen LogP contribution in [-0.2, 0) is 0 Å². The summed E-state index contributed by atoms with van der Waals surface area (Å²) >= 11 is 1.50. The molecule has 0 spiro atoms. The molecule has 1 atom stereocenters. The van der Waals surface area contributed by atoms with Crippen LogP contribution < -0.4 is 19.8 Å². The number of alkyl halides is 3. The maximum Gasteiger partial charge on any atom is 0.573 e. The van der Waals surface area contributed by atoms with Gasteiger partial charge in [-0.25, -0.2) is 19.9 Å². The smallest absolute Gasteiger partial charge is 0.497 e. The second kappa shape index (κ2) is 12.6. The molecule has 2 amide bonds. The molecule has 1 aliphatic heterocycles. The molecule has 222 valence electrons. The Morgan fingerprint density at radius 2 is 1.81 bits per heavy atom. The van der Waals surface area contributed by atoms with E-state index in [4.69, 9.17) is 4.74 Å². The number of nitrogens with zero attached hydrogens (tertiary/aromatic N) is 6. The monoisotopic (exact) mass is 609 g/mol. The largest absolute Gasteiger partial charge is 0.573 e. The highest BCUT2D eigenvalue weighted by Gasteiger charge is 2.31. The summed E-state index contributed by atoms with van der Waals surface area (Å²) in [4.78, 5) is 23.1. The van der Waals surface area contributed by atoms with Gasteiger partial charge in [0.1, 0.15) is 17.8 Å². The fraction of sp³-hybridized carbons (Fsp3) is 0.207. The number of methoxy groups -OCH3 is 1. The number of hydrazone groups is 1. The van der Waals surface area contributed by atoms with Crippen molar-refractivity contribution < 1.29 is 27.4 Å². The van der Waals surface area contributed by atoms with E-state index in [1.165, 1.54) is 53.3 Å². The van der Waals surface area contributed by atoms with Crippen LogP contribution >= 0.6 is 11.8 Å². The van der Waals surface area contributed by atoms with Crippen molar-refractivity contribution in [3.63, 3.8) is 0 Å². The van der Waals surface area contributed by atoms with E-state index in [-0.39, 0.29) is 11.8 Å². The number of rotatable bonds is 7. The van der Waals surface area contributed by atoms with E-state index in [0.717, 1.165) is 28.3 Å². The molecule has 4 aromatic rings. The maximum absolute atomic E-state index is 12.5. The molecular formula is C29H26F3N7O3S. The number of amides is 2. The summed E-state index contributed by atoms with van der Waals surface area (Å²) in [5.41, 5.74) is 6.37. The first-order valence-electron chi connectivity index (χ1n) is 13.0. The van der Waals surface area contributed by atoms with Gasteiger partial charge in [-0.1, -0.05) is 36.0 Å². The first kappa shape index (κ1) is 29.6. The number of halogens is 3. The molecule has 1 fully saturated rings. The van der Waals surface area contributed by atoms with E-state index >= 15 is 0 Å². The molecule has 2 heterocycles. The second-order valence-corrected chi connectivity index (χ2v) is 10.4. The van der Waals surface area contributed by atoms with Gasteiger partial charge in [0.15, 0.2) is 11.0 Å². The van der Waals surface area contributed by atoms with Gasteiger partial charge in [-0.2, -0.15) is 10.1 Å². The zero-order valence-corrected chi connectivity index (χ0v) is 24.1. The number of hydrogen-bond acceptors (Lipinski definition) is 7. The van der Waals surface area contributed by atoms with Crippen molar-refractivity contribution in [1.82, 2.24) is 20.2 Å². The predicted molar refractivity (Wildman–Crippen MR) is 159 cm³/mol. The third-order valence-electron chi connectivity index (χ3n) is 6.33. The molecule has 10 nitrogen and oxygen atoms in total. The molecule has 43 heavy (non-hydrogen) atoms. The number of thioether (sulfide) groups is 1. The lowest BCUT2D eigenvalue weighted by molar-refractivity contribution is -0.274. The SMILES string of the molecule is COc1ccc(N2C(=NC(=O)N/N=C/c3ccc(-c4ncn(-c5ccc(OC(F)(F)F)cc5)n4)cc3)SCC2C)c(C)c1. The summed E-state index contributed by atoms with van der Waals surface area (Å²) in [6.45, 7) is 4.06. The Morgan fingerprint density at radius 1 is 1.09 bits per heavy atom. The Bertz CT molecular complexity index is 1660. The Balaban J connectivity index is 1.19. The van der Waals surface area contributed by atoms with Crippen molar-refractivity contribution in [3.05, 3.63) is 84.2 Å². The summed E-state index contributed by atoms with van der Waals surface area (Å²) in [6, 6.07) is 17.8. The minimum atomic E-state index is -4.76.